The van der Waals surface area contributed by atoms with E-state index in [0.29, 0.717) is 0 Å². The summed E-state index contributed by atoms with van der Waals surface area (Å²) in [6, 6.07) is 18.3. The Hall–Kier alpha value is -1.80. The van der Waals surface area contributed by atoms with Crippen LogP contribution in [0.15, 0.2) is 54.6 Å². The van der Waals surface area contributed by atoms with Crippen LogP contribution in [0, 0.1) is 6.92 Å². The monoisotopic (exact) mass is 213 g/mol. The molecule has 2 aromatic rings. The third kappa shape index (κ3) is 2.23. The lowest BCUT2D eigenvalue weighted by molar-refractivity contribution is 0.201. The zero-order valence-electron chi connectivity index (χ0n) is 9.55. The molecule has 0 atom stereocenters. The minimum atomic E-state index is 1.02. The van der Waals surface area contributed by atoms with Gasteiger partial charge in [-0.2, -0.15) is 0 Å². The summed E-state index contributed by atoms with van der Waals surface area (Å²) in [5.41, 5.74) is 3.29. The van der Waals surface area contributed by atoms with Crippen LogP contribution < -0.4 is 5.06 Å². The fourth-order valence-electron chi connectivity index (χ4n) is 1.60. The number of aryl methyl sites for hydroxylation is 1. The Kier molecular flexibility index (Phi) is 3.22. The molecule has 2 heteroatoms. The Morgan fingerprint density at radius 2 is 1.38 bits per heavy atom. The molecule has 2 aromatic carbocycles. The molecule has 0 spiro atoms. The second-order valence-electron chi connectivity index (χ2n) is 3.65. The number of hydrogen-bond acceptors (Lipinski definition) is 2. The standard InChI is InChI=1S/C14H15NO/c1-12-8-10-14(11-9-12)15(16-2)13-6-4-3-5-7-13/h3-11H,1-2H3. The predicted molar refractivity (Wildman–Crippen MR) is 66.8 cm³/mol. The van der Waals surface area contributed by atoms with Crippen LogP contribution in [0.2, 0.25) is 0 Å². The lowest BCUT2D eigenvalue weighted by Gasteiger charge is -2.21. The Morgan fingerprint density at radius 1 is 0.812 bits per heavy atom. The first-order valence-corrected chi connectivity index (χ1v) is 5.27. The van der Waals surface area contributed by atoms with E-state index in [2.05, 4.69) is 19.1 Å². The molecule has 0 heterocycles. The van der Waals surface area contributed by atoms with Gasteiger partial charge in [-0.25, -0.2) is 5.06 Å². The quantitative estimate of drug-likeness (QED) is 0.721. The normalized spacial score (nSPS) is 10.1. The fourth-order valence-corrected chi connectivity index (χ4v) is 1.60. The smallest absolute Gasteiger partial charge is 0.0695 e. The number of anilines is 2. The van der Waals surface area contributed by atoms with Crippen LogP contribution in [-0.2, 0) is 4.84 Å². The molecule has 0 aliphatic carbocycles. The molecule has 0 aliphatic rings. The molecule has 2 nitrogen and oxygen atoms in total. The van der Waals surface area contributed by atoms with Gasteiger partial charge in [0.2, 0.25) is 0 Å². The van der Waals surface area contributed by atoms with E-state index in [0.717, 1.165) is 11.4 Å². The fraction of sp³-hybridized carbons (Fsp3) is 0.143. The van der Waals surface area contributed by atoms with Crippen molar-refractivity contribution in [3.63, 3.8) is 0 Å². The van der Waals surface area contributed by atoms with Crippen LogP contribution in [0.3, 0.4) is 0 Å². The molecule has 82 valence electrons. The van der Waals surface area contributed by atoms with Gasteiger partial charge in [0.05, 0.1) is 18.5 Å². The summed E-state index contributed by atoms with van der Waals surface area (Å²) < 4.78 is 0. The molecule has 0 saturated carbocycles. The Bertz CT molecular complexity index is 436. The number of hydrogen-bond donors (Lipinski definition) is 0. The van der Waals surface area contributed by atoms with E-state index in [4.69, 9.17) is 4.84 Å². The number of nitrogens with zero attached hydrogens (tertiary/aromatic N) is 1. The van der Waals surface area contributed by atoms with E-state index in [1.807, 2.05) is 42.5 Å². The van der Waals surface area contributed by atoms with Crippen molar-refractivity contribution in [2.24, 2.45) is 0 Å². The number of benzene rings is 2. The van der Waals surface area contributed by atoms with Crippen molar-refractivity contribution in [1.29, 1.82) is 0 Å². The van der Waals surface area contributed by atoms with Crippen LogP contribution in [0.1, 0.15) is 5.56 Å². The Labute approximate surface area is 96.0 Å². The van der Waals surface area contributed by atoms with Gasteiger partial charge in [0.25, 0.3) is 0 Å². The average Bonchev–Trinajstić information content (AvgIpc) is 2.34. The van der Waals surface area contributed by atoms with Crippen molar-refractivity contribution >= 4 is 11.4 Å². The second kappa shape index (κ2) is 4.81. The van der Waals surface area contributed by atoms with Crippen LogP contribution in [0.5, 0.6) is 0 Å². The highest BCUT2D eigenvalue weighted by atomic mass is 16.7. The van der Waals surface area contributed by atoms with Gasteiger partial charge in [0, 0.05) is 0 Å². The van der Waals surface area contributed by atoms with Crippen molar-refractivity contribution in [3.8, 4) is 0 Å². The summed E-state index contributed by atoms with van der Waals surface area (Å²) in [4.78, 5) is 5.40. The van der Waals surface area contributed by atoms with E-state index in [1.165, 1.54) is 5.56 Å². The second-order valence-corrected chi connectivity index (χ2v) is 3.65. The molecule has 0 amide bonds. The van der Waals surface area contributed by atoms with Gasteiger partial charge in [-0.1, -0.05) is 35.9 Å². The molecular formula is C14H15NO. The van der Waals surface area contributed by atoms with E-state index < -0.39 is 0 Å². The first-order valence-electron chi connectivity index (χ1n) is 5.27. The highest BCUT2D eigenvalue weighted by Gasteiger charge is 2.06. The van der Waals surface area contributed by atoms with E-state index >= 15 is 0 Å². The van der Waals surface area contributed by atoms with Crippen molar-refractivity contribution in [3.05, 3.63) is 60.2 Å². The Morgan fingerprint density at radius 3 is 1.94 bits per heavy atom. The third-order valence-electron chi connectivity index (χ3n) is 2.44. The van der Waals surface area contributed by atoms with Crippen LogP contribution >= 0.6 is 0 Å². The maximum absolute atomic E-state index is 5.40. The third-order valence-corrected chi connectivity index (χ3v) is 2.44. The van der Waals surface area contributed by atoms with Gasteiger partial charge in [-0.15, -0.1) is 0 Å². The van der Waals surface area contributed by atoms with E-state index in [-0.39, 0.29) is 0 Å². The molecule has 0 bridgehead atoms. The van der Waals surface area contributed by atoms with Gasteiger partial charge in [-0.3, -0.25) is 4.84 Å². The molecule has 0 fully saturated rings. The van der Waals surface area contributed by atoms with Gasteiger partial charge in [-0.05, 0) is 31.2 Å². The van der Waals surface area contributed by atoms with Gasteiger partial charge in [0.1, 0.15) is 0 Å². The van der Waals surface area contributed by atoms with Crippen molar-refractivity contribution in [2.75, 3.05) is 12.2 Å². The minimum absolute atomic E-state index is 1.02. The van der Waals surface area contributed by atoms with Gasteiger partial charge in [0.15, 0.2) is 0 Å². The predicted octanol–water partition coefficient (Wildman–Crippen LogP) is 3.69. The molecule has 16 heavy (non-hydrogen) atoms. The summed E-state index contributed by atoms with van der Waals surface area (Å²) in [6.45, 7) is 2.07. The van der Waals surface area contributed by atoms with Crippen molar-refractivity contribution < 1.29 is 4.84 Å². The molecule has 2 rings (SSSR count). The first kappa shape index (κ1) is 10.7. The average molecular weight is 213 g/mol. The van der Waals surface area contributed by atoms with E-state index in [1.54, 1.807) is 12.2 Å². The zero-order valence-corrected chi connectivity index (χ0v) is 9.55. The van der Waals surface area contributed by atoms with Gasteiger partial charge >= 0.3 is 0 Å². The summed E-state index contributed by atoms with van der Waals surface area (Å²) in [5, 5.41) is 1.80. The molecule has 0 aliphatic heterocycles. The van der Waals surface area contributed by atoms with Gasteiger partial charge < -0.3 is 0 Å². The van der Waals surface area contributed by atoms with Crippen molar-refractivity contribution in [2.45, 2.75) is 6.92 Å². The lowest BCUT2D eigenvalue weighted by atomic mass is 10.2. The number of para-hydroxylation sites is 1. The SMILES string of the molecule is CON(c1ccccc1)c1ccc(C)cc1. The Balaban J connectivity index is 2.33. The lowest BCUT2D eigenvalue weighted by Crippen LogP contribution is -2.14. The summed E-state index contributed by atoms with van der Waals surface area (Å²) in [7, 11) is 1.67. The molecule has 0 saturated heterocycles. The summed E-state index contributed by atoms with van der Waals surface area (Å²) in [5.74, 6) is 0. The van der Waals surface area contributed by atoms with Crippen LogP contribution in [0.4, 0.5) is 11.4 Å². The van der Waals surface area contributed by atoms with E-state index in [9.17, 15) is 0 Å². The highest BCUT2D eigenvalue weighted by Crippen LogP contribution is 2.24. The topological polar surface area (TPSA) is 12.5 Å². The maximum Gasteiger partial charge on any atom is 0.0695 e. The summed E-state index contributed by atoms with van der Waals surface area (Å²) >= 11 is 0. The van der Waals surface area contributed by atoms with Crippen LogP contribution in [-0.4, -0.2) is 7.11 Å². The highest BCUT2D eigenvalue weighted by molar-refractivity contribution is 5.60. The maximum atomic E-state index is 5.40. The molecule has 0 radical (unpaired) electrons. The molecule has 0 N–H and O–H groups in total. The summed E-state index contributed by atoms with van der Waals surface area (Å²) in [6.07, 6.45) is 0. The largest absolute Gasteiger partial charge is 0.272 e. The van der Waals surface area contributed by atoms with Crippen molar-refractivity contribution in [1.82, 2.24) is 0 Å². The zero-order chi connectivity index (χ0) is 11.4. The molecule has 0 aromatic heterocycles. The minimum Gasteiger partial charge on any atom is -0.272 e. The number of rotatable bonds is 3. The van der Waals surface area contributed by atoms with Crippen LogP contribution in [0.25, 0.3) is 0 Å². The first-order chi connectivity index (χ1) is 7.81. The molecule has 0 unspecified atom stereocenters. The molecular weight excluding hydrogens is 198 g/mol.